The number of aliphatic carboxylic acids is 1. The Balaban J connectivity index is 2.52. The second-order valence-electron chi connectivity index (χ2n) is 3.93. The van der Waals surface area contributed by atoms with E-state index in [1.807, 2.05) is 0 Å². The first kappa shape index (κ1) is 13.0. The number of halogens is 2. The molecule has 4 N–H and O–H groups in total. The lowest BCUT2D eigenvalue weighted by molar-refractivity contribution is -0.138. The SMILES string of the molecule is NC(Cc1cn(O)c2cc(Cl)c(Cl)cc12)C(=O)O. The quantitative estimate of drug-likeness (QED) is 0.755. The molecule has 5 nitrogen and oxygen atoms in total. The Morgan fingerprint density at radius 3 is 2.61 bits per heavy atom. The molecule has 18 heavy (non-hydrogen) atoms. The molecule has 0 radical (unpaired) electrons. The van der Waals surface area contributed by atoms with Gasteiger partial charge in [-0.2, -0.15) is 4.73 Å². The van der Waals surface area contributed by atoms with Crippen LogP contribution in [-0.4, -0.2) is 27.1 Å². The molecule has 0 aliphatic heterocycles. The fourth-order valence-electron chi connectivity index (χ4n) is 1.76. The van der Waals surface area contributed by atoms with E-state index in [0.717, 1.165) is 4.73 Å². The normalized spacial score (nSPS) is 12.8. The van der Waals surface area contributed by atoms with Gasteiger partial charge in [0.05, 0.1) is 15.6 Å². The summed E-state index contributed by atoms with van der Waals surface area (Å²) in [6.45, 7) is 0. The molecule has 2 rings (SSSR count). The maximum absolute atomic E-state index is 10.7. The Bertz CT molecular complexity index is 624. The standard InChI is InChI=1S/C11H10Cl2N2O3/c12-7-2-6-5(1-9(14)11(16)17)4-15(18)10(6)3-8(7)13/h2-4,9,18H,1,14H2,(H,16,17). The summed E-state index contributed by atoms with van der Waals surface area (Å²) in [5.41, 5.74) is 6.52. The Kier molecular flexibility index (Phi) is 3.38. The zero-order valence-electron chi connectivity index (χ0n) is 9.10. The first-order chi connectivity index (χ1) is 8.40. The smallest absolute Gasteiger partial charge is 0.320 e. The van der Waals surface area contributed by atoms with E-state index in [1.165, 1.54) is 12.3 Å². The van der Waals surface area contributed by atoms with Crippen LogP contribution in [0, 0.1) is 0 Å². The molecule has 0 spiro atoms. The van der Waals surface area contributed by atoms with Crippen molar-refractivity contribution in [3.05, 3.63) is 33.9 Å². The highest BCUT2D eigenvalue weighted by Crippen LogP contribution is 2.30. The number of carboxylic acids is 1. The van der Waals surface area contributed by atoms with Gasteiger partial charge in [0.15, 0.2) is 0 Å². The molecule has 7 heteroatoms. The summed E-state index contributed by atoms with van der Waals surface area (Å²) in [5, 5.41) is 19.7. The Labute approximate surface area is 112 Å². The summed E-state index contributed by atoms with van der Waals surface area (Å²) in [4.78, 5) is 10.7. The van der Waals surface area contributed by atoms with Gasteiger partial charge in [0.25, 0.3) is 0 Å². The predicted molar refractivity (Wildman–Crippen MR) is 68.5 cm³/mol. The molecule has 0 amide bonds. The van der Waals surface area contributed by atoms with Crippen LogP contribution in [0.15, 0.2) is 18.3 Å². The second-order valence-corrected chi connectivity index (χ2v) is 4.75. The summed E-state index contributed by atoms with van der Waals surface area (Å²) in [6.07, 6.45) is 1.50. The molecule has 0 bridgehead atoms. The second kappa shape index (κ2) is 4.68. The molecule has 1 aromatic carbocycles. The zero-order chi connectivity index (χ0) is 13.4. The largest absolute Gasteiger partial charge is 0.480 e. The van der Waals surface area contributed by atoms with E-state index >= 15 is 0 Å². The van der Waals surface area contributed by atoms with Gasteiger partial charge in [0, 0.05) is 18.0 Å². The van der Waals surface area contributed by atoms with E-state index in [4.69, 9.17) is 34.0 Å². The Morgan fingerprint density at radius 2 is 2.00 bits per heavy atom. The van der Waals surface area contributed by atoms with Crippen LogP contribution in [0.1, 0.15) is 5.56 Å². The van der Waals surface area contributed by atoms with Crippen LogP contribution in [0.4, 0.5) is 0 Å². The number of benzene rings is 1. The highest BCUT2D eigenvalue weighted by molar-refractivity contribution is 6.42. The van der Waals surface area contributed by atoms with Gasteiger partial charge in [0.1, 0.15) is 6.04 Å². The molecule has 0 saturated carbocycles. The average molecular weight is 289 g/mol. The van der Waals surface area contributed by atoms with Gasteiger partial charge >= 0.3 is 5.97 Å². The summed E-state index contributed by atoms with van der Waals surface area (Å²) < 4.78 is 0.876. The third kappa shape index (κ3) is 2.25. The van der Waals surface area contributed by atoms with Crippen LogP contribution < -0.4 is 5.73 Å². The van der Waals surface area contributed by atoms with Gasteiger partial charge in [-0.1, -0.05) is 23.2 Å². The molecule has 1 aromatic heterocycles. The Morgan fingerprint density at radius 1 is 1.39 bits per heavy atom. The van der Waals surface area contributed by atoms with E-state index < -0.39 is 12.0 Å². The van der Waals surface area contributed by atoms with E-state index in [2.05, 4.69) is 0 Å². The summed E-state index contributed by atoms with van der Waals surface area (Å²) in [6, 6.07) is 2.05. The van der Waals surface area contributed by atoms with E-state index in [-0.39, 0.29) is 6.42 Å². The van der Waals surface area contributed by atoms with Gasteiger partial charge in [-0.05, 0) is 17.7 Å². The van der Waals surface area contributed by atoms with Crippen molar-refractivity contribution in [1.82, 2.24) is 4.73 Å². The lowest BCUT2D eigenvalue weighted by atomic mass is 10.1. The van der Waals surface area contributed by atoms with Gasteiger partial charge in [-0.15, -0.1) is 0 Å². The topological polar surface area (TPSA) is 88.5 Å². The van der Waals surface area contributed by atoms with Crippen molar-refractivity contribution >= 4 is 40.1 Å². The van der Waals surface area contributed by atoms with Crippen molar-refractivity contribution in [2.45, 2.75) is 12.5 Å². The fourth-order valence-corrected chi connectivity index (χ4v) is 2.08. The molecule has 1 heterocycles. The summed E-state index contributed by atoms with van der Waals surface area (Å²) >= 11 is 11.7. The van der Waals surface area contributed by atoms with Gasteiger partial charge in [-0.3, -0.25) is 4.79 Å². The monoisotopic (exact) mass is 288 g/mol. The highest BCUT2D eigenvalue weighted by atomic mass is 35.5. The van der Waals surface area contributed by atoms with Crippen LogP contribution in [0.25, 0.3) is 10.9 Å². The Hall–Kier alpha value is -1.43. The summed E-state index contributed by atoms with van der Waals surface area (Å²) in [7, 11) is 0. The maximum Gasteiger partial charge on any atom is 0.320 e. The third-order valence-electron chi connectivity index (χ3n) is 2.67. The van der Waals surface area contributed by atoms with Crippen LogP contribution in [-0.2, 0) is 11.2 Å². The molecule has 1 unspecified atom stereocenters. The number of hydrogen-bond donors (Lipinski definition) is 3. The molecule has 0 fully saturated rings. The van der Waals surface area contributed by atoms with Crippen LogP contribution in [0.3, 0.4) is 0 Å². The van der Waals surface area contributed by atoms with Crippen molar-refractivity contribution in [2.24, 2.45) is 5.73 Å². The molecule has 0 aliphatic rings. The lowest BCUT2D eigenvalue weighted by Gasteiger charge is -2.05. The highest BCUT2D eigenvalue weighted by Gasteiger charge is 2.17. The molecule has 2 aromatic rings. The lowest BCUT2D eigenvalue weighted by Crippen LogP contribution is -2.32. The number of carboxylic acid groups (broad SMARTS) is 1. The van der Waals surface area contributed by atoms with E-state index in [9.17, 15) is 10.0 Å². The number of nitrogens with zero attached hydrogens (tertiary/aromatic N) is 1. The predicted octanol–water partition coefficient (Wildman–Crippen LogP) is 2.14. The fraction of sp³-hybridized carbons (Fsp3) is 0.182. The number of rotatable bonds is 3. The van der Waals surface area contributed by atoms with Crippen LogP contribution in [0.5, 0.6) is 0 Å². The molecule has 96 valence electrons. The van der Waals surface area contributed by atoms with Crippen LogP contribution in [0.2, 0.25) is 10.0 Å². The molecular formula is C11H10Cl2N2O3. The van der Waals surface area contributed by atoms with Gasteiger partial charge < -0.3 is 16.0 Å². The number of hydrogen-bond acceptors (Lipinski definition) is 3. The first-order valence-electron chi connectivity index (χ1n) is 5.06. The number of aromatic nitrogens is 1. The minimum atomic E-state index is -1.10. The zero-order valence-corrected chi connectivity index (χ0v) is 10.6. The molecular weight excluding hydrogens is 279 g/mol. The first-order valence-corrected chi connectivity index (χ1v) is 5.82. The summed E-state index contributed by atoms with van der Waals surface area (Å²) in [5.74, 6) is -1.10. The number of carbonyl (C=O) groups is 1. The minimum Gasteiger partial charge on any atom is -0.480 e. The molecule has 0 aliphatic carbocycles. The van der Waals surface area contributed by atoms with Crippen molar-refractivity contribution in [3.63, 3.8) is 0 Å². The maximum atomic E-state index is 10.7. The van der Waals surface area contributed by atoms with Crippen molar-refractivity contribution in [2.75, 3.05) is 0 Å². The number of nitrogens with two attached hydrogens (primary N) is 1. The minimum absolute atomic E-state index is 0.0946. The van der Waals surface area contributed by atoms with E-state index in [0.29, 0.717) is 26.5 Å². The van der Waals surface area contributed by atoms with Crippen molar-refractivity contribution in [3.8, 4) is 0 Å². The number of fused-ring (bicyclic) bond motifs is 1. The average Bonchev–Trinajstić information content (AvgIpc) is 2.57. The third-order valence-corrected chi connectivity index (χ3v) is 3.39. The van der Waals surface area contributed by atoms with Crippen molar-refractivity contribution in [1.29, 1.82) is 0 Å². The molecule has 1 atom stereocenters. The van der Waals surface area contributed by atoms with Crippen molar-refractivity contribution < 1.29 is 15.1 Å². The van der Waals surface area contributed by atoms with Gasteiger partial charge in [0.2, 0.25) is 0 Å². The van der Waals surface area contributed by atoms with Crippen LogP contribution >= 0.6 is 23.2 Å². The molecule has 0 saturated heterocycles. The van der Waals surface area contributed by atoms with E-state index in [1.54, 1.807) is 6.07 Å². The van der Waals surface area contributed by atoms with Gasteiger partial charge in [-0.25, -0.2) is 0 Å².